The van der Waals surface area contributed by atoms with Gasteiger partial charge < -0.3 is 0 Å². The third-order valence-electron chi connectivity index (χ3n) is 2.42. The highest BCUT2D eigenvalue weighted by Gasteiger charge is 2.11. The fourth-order valence-corrected chi connectivity index (χ4v) is 2.14. The zero-order valence-electron chi connectivity index (χ0n) is 8.84. The zero-order valence-corrected chi connectivity index (χ0v) is 10.4. The Morgan fingerprint density at radius 3 is 2.50 bits per heavy atom. The molecule has 0 aliphatic heterocycles. The van der Waals surface area contributed by atoms with Gasteiger partial charge in [0.1, 0.15) is 5.69 Å². The van der Waals surface area contributed by atoms with Gasteiger partial charge in [-0.3, -0.25) is 4.79 Å². The Balaban J connectivity index is 2.92. The van der Waals surface area contributed by atoms with Gasteiger partial charge in [0.05, 0.1) is 15.6 Å². The second kappa shape index (κ2) is 4.04. The van der Waals surface area contributed by atoms with E-state index in [9.17, 15) is 4.79 Å². The lowest BCUT2D eigenvalue weighted by Crippen LogP contribution is -1.99. The first-order chi connectivity index (χ1) is 7.50. The van der Waals surface area contributed by atoms with Crippen LogP contribution in [-0.4, -0.2) is 10.8 Å². The average Bonchev–Trinajstić information content (AvgIpc) is 2.22. The molecule has 0 atom stereocenters. The first kappa shape index (κ1) is 11.4. The van der Waals surface area contributed by atoms with Crippen LogP contribution < -0.4 is 0 Å². The minimum Gasteiger partial charge on any atom is -0.293 e. The van der Waals surface area contributed by atoms with E-state index >= 15 is 0 Å². The highest BCUT2D eigenvalue weighted by Crippen LogP contribution is 2.31. The molecule has 2 rings (SSSR count). The summed E-state index contributed by atoms with van der Waals surface area (Å²) in [5.41, 5.74) is 1.90. The molecule has 0 unspecified atom stereocenters. The Morgan fingerprint density at radius 2 is 1.88 bits per heavy atom. The second-order valence-electron chi connectivity index (χ2n) is 3.63. The molecule has 1 aromatic carbocycles. The lowest BCUT2D eigenvalue weighted by atomic mass is 10.1. The number of carbonyl (C=O) groups excluding carboxylic acids is 1. The van der Waals surface area contributed by atoms with Crippen LogP contribution in [0.15, 0.2) is 18.2 Å². The number of halogens is 2. The maximum absolute atomic E-state index is 11.3. The number of carbonyl (C=O) groups is 1. The fourth-order valence-electron chi connectivity index (χ4n) is 1.64. The average molecular weight is 254 g/mol. The molecule has 2 nitrogen and oxygen atoms in total. The van der Waals surface area contributed by atoms with Gasteiger partial charge in [0.2, 0.25) is 0 Å². The number of aryl methyl sites for hydroxylation is 1. The van der Waals surface area contributed by atoms with E-state index < -0.39 is 0 Å². The van der Waals surface area contributed by atoms with Crippen molar-refractivity contribution in [2.45, 2.75) is 13.8 Å². The van der Waals surface area contributed by atoms with Crippen LogP contribution in [0.4, 0.5) is 0 Å². The molecule has 16 heavy (non-hydrogen) atoms. The third kappa shape index (κ3) is 1.79. The van der Waals surface area contributed by atoms with E-state index in [1.807, 2.05) is 6.92 Å². The Morgan fingerprint density at radius 1 is 1.25 bits per heavy atom. The molecule has 1 aromatic heterocycles. The molecule has 0 saturated carbocycles. The van der Waals surface area contributed by atoms with Crippen LogP contribution in [-0.2, 0) is 0 Å². The largest absolute Gasteiger partial charge is 0.293 e. The van der Waals surface area contributed by atoms with Crippen molar-refractivity contribution in [3.8, 4) is 0 Å². The van der Waals surface area contributed by atoms with E-state index in [1.165, 1.54) is 6.92 Å². The molecule has 0 aliphatic rings. The number of hydrogen-bond donors (Lipinski definition) is 0. The number of Topliss-reactive ketones (excluding diaryl/α,β-unsaturated/α-hetero) is 1. The second-order valence-corrected chi connectivity index (χ2v) is 4.45. The summed E-state index contributed by atoms with van der Waals surface area (Å²) in [4.78, 5) is 15.5. The van der Waals surface area contributed by atoms with Crippen molar-refractivity contribution in [2.75, 3.05) is 0 Å². The molecule has 4 heteroatoms. The summed E-state index contributed by atoms with van der Waals surface area (Å²) in [6.45, 7) is 3.37. The van der Waals surface area contributed by atoms with Crippen LogP contribution in [0, 0.1) is 6.92 Å². The van der Waals surface area contributed by atoms with Crippen LogP contribution in [0.1, 0.15) is 23.0 Å². The molecule has 1 heterocycles. The van der Waals surface area contributed by atoms with Gasteiger partial charge in [-0.1, -0.05) is 23.2 Å². The maximum Gasteiger partial charge on any atom is 0.178 e. The van der Waals surface area contributed by atoms with Gasteiger partial charge in [-0.2, -0.15) is 0 Å². The van der Waals surface area contributed by atoms with Crippen molar-refractivity contribution < 1.29 is 4.79 Å². The number of rotatable bonds is 1. The maximum atomic E-state index is 11.3. The van der Waals surface area contributed by atoms with Gasteiger partial charge in [-0.15, -0.1) is 0 Å². The lowest BCUT2D eigenvalue weighted by Gasteiger charge is -2.07. The topological polar surface area (TPSA) is 30.0 Å². The van der Waals surface area contributed by atoms with Gasteiger partial charge in [-0.05, 0) is 30.7 Å². The first-order valence-electron chi connectivity index (χ1n) is 4.77. The van der Waals surface area contributed by atoms with Gasteiger partial charge in [0.25, 0.3) is 0 Å². The molecule has 0 aliphatic carbocycles. The van der Waals surface area contributed by atoms with Crippen LogP contribution >= 0.6 is 23.2 Å². The molecule has 0 spiro atoms. The standard InChI is InChI=1S/C12H9Cl2NO/c1-6-5-10(7(2)16)15-12-9(14)4-3-8(13)11(6)12/h3-5H,1-2H3. The fraction of sp³-hybridized carbons (Fsp3) is 0.167. The van der Waals surface area contributed by atoms with E-state index in [2.05, 4.69) is 4.98 Å². The van der Waals surface area contributed by atoms with Crippen molar-refractivity contribution in [1.29, 1.82) is 0 Å². The summed E-state index contributed by atoms with van der Waals surface area (Å²) in [5.74, 6) is -0.0824. The smallest absolute Gasteiger partial charge is 0.178 e. The molecule has 2 aromatic rings. The molecule has 0 saturated heterocycles. The molecular weight excluding hydrogens is 245 g/mol. The molecule has 0 bridgehead atoms. The number of nitrogens with zero attached hydrogens (tertiary/aromatic N) is 1. The summed E-state index contributed by atoms with van der Waals surface area (Å²) in [5, 5.41) is 1.91. The predicted octanol–water partition coefficient (Wildman–Crippen LogP) is 4.05. The highest BCUT2D eigenvalue weighted by molar-refractivity contribution is 6.40. The van der Waals surface area contributed by atoms with Crippen LogP contribution in [0.25, 0.3) is 10.9 Å². The number of benzene rings is 1. The normalized spacial score (nSPS) is 10.8. The molecule has 0 fully saturated rings. The predicted molar refractivity (Wildman–Crippen MR) is 66.5 cm³/mol. The van der Waals surface area contributed by atoms with Crippen LogP contribution in [0.2, 0.25) is 10.0 Å². The van der Waals surface area contributed by atoms with Crippen molar-refractivity contribution >= 4 is 39.9 Å². The van der Waals surface area contributed by atoms with Crippen molar-refractivity contribution in [2.24, 2.45) is 0 Å². The highest BCUT2D eigenvalue weighted by atomic mass is 35.5. The van der Waals surface area contributed by atoms with Gasteiger partial charge in [0.15, 0.2) is 5.78 Å². The summed E-state index contributed by atoms with van der Waals surface area (Å²) in [6.07, 6.45) is 0. The first-order valence-corrected chi connectivity index (χ1v) is 5.52. The molecular formula is C12H9Cl2NO. The summed E-state index contributed by atoms with van der Waals surface area (Å²) in [6, 6.07) is 5.14. The Labute approximate surface area is 103 Å². The quantitative estimate of drug-likeness (QED) is 0.718. The van der Waals surface area contributed by atoms with Crippen LogP contribution in [0.3, 0.4) is 0 Å². The van der Waals surface area contributed by atoms with Gasteiger partial charge in [0, 0.05) is 12.3 Å². The summed E-state index contributed by atoms with van der Waals surface area (Å²) < 4.78 is 0. The summed E-state index contributed by atoms with van der Waals surface area (Å²) >= 11 is 12.1. The molecule has 0 amide bonds. The Bertz CT molecular complexity index is 593. The van der Waals surface area contributed by atoms with Crippen molar-refractivity contribution in [3.05, 3.63) is 39.5 Å². The molecule has 0 radical (unpaired) electrons. The number of hydrogen-bond acceptors (Lipinski definition) is 2. The SMILES string of the molecule is CC(=O)c1cc(C)c2c(Cl)ccc(Cl)c2n1. The Hall–Kier alpha value is -1.12. The molecule has 82 valence electrons. The van der Waals surface area contributed by atoms with Crippen molar-refractivity contribution in [1.82, 2.24) is 4.98 Å². The molecule has 0 N–H and O–H groups in total. The number of aromatic nitrogens is 1. The van der Waals surface area contributed by atoms with E-state index in [1.54, 1.807) is 18.2 Å². The minimum absolute atomic E-state index is 0.0824. The van der Waals surface area contributed by atoms with E-state index in [0.717, 1.165) is 10.9 Å². The minimum atomic E-state index is -0.0824. The van der Waals surface area contributed by atoms with Crippen LogP contribution in [0.5, 0.6) is 0 Å². The zero-order chi connectivity index (χ0) is 11.9. The van der Waals surface area contributed by atoms with E-state index in [4.69, 9.17) is 23.2 Å². The Kier molecular flexibility index (Phi) is 2.87. The monoisotopic (exact) mass is 253 g/mol. The van der Waals surface area contributed by atoms with Gasteiger partial charge >= 0.3 is 0 Å². The van der Waals surface area contributed by atoms with E-state index in [0.29, 0.717) is 21.3 Å². The lowest BCUT2D eigenvalue weighted by molar-refractivity contribution is 0.101. The number of ketones is 1. The number of pyridine rings is 1. The number of fused-ring (bicyclic) bond motifs is 1. The van der Waals surface area contributed by atoms with E-state index in [-0.39, 0.29) is 5.78 Å². The van der Waals surface area contributed by atoms with Crippen molar-refractivity contribution in [3.63, 3.8) is 0 Å². The summed E-state index contributed by atoms with van der Waals surface area (Å²) in [7, 11) is 0. The van der Waals surface area contributed by atoms with Gasteiger partial charge in [-0.25, -0.2) is 4.98 Å². The third-order valence-corrected chi connectivity index (χ3v) is 3.04.